The summed E-state index contributed by atoms with van der Waals surface area (Å²) in [4.78, 5) is 15.5. The number of anilines is 1. The van der Waals surface area contributed by atoms with Gasteiger partial charge in [-0.15, -0.1) is 0 Å². The van der Waals surface area contributed by atoms with Gasteiger partial charge in [-0.2, -0.15) is 0 Å². The second-order valence-electron chi connectivity index (χ2n) is 13.0. The molecule has 1 saturated carbocycles. The maximum absolute atomic E-state index is 13.1. The van der Waals surface area contributed by atoms with E-state index in [4.69, 9.17) is 16.3 Å². The van der Waals surface area contributed by atoms with Crippen LogP contribution in [-0.2, 0) is 21.9 Å². The third kappa shape index (κ3) is 6.70. The molecule has 1 aliphatic heterocycles. The van der Waals surface area contributed by atoms with Crippen molar-refractivity contribution in [3.63, 3.8) is 0 Å². The number of amides is 1. The number of aryl methyl sites for hydroxylation is 1. The number of halogens is 1. The number of carbonyl (C=O) groups is 1. The molecule has 2 aromatic rings. The van der Waals surface area contributed by atoms with Crippen LogP contribution in [0.3, 0.4) is 0 Å². The van der Waals surface area contributed by atoms with Crippen LogP contribution in [0.4, 0.5) is 5.69 Å². The molecule has 1 fully saturated rings. The second-order valence-corrected chi connectivity index (χ2v) is 15.7. The van der Waals surface area contributed by atoms with Crippen LogP contribution in [0.5, 0.6) is 5.75 Å². The van der Waals surface area contributed by atoms with Gasteiger partial charge < -0.3 is 20.1 Å². The third-order valence-corrected chi connectivity index (χ3v) is 12.0. The molecule has 0 radical (unpaired) electrons. The summed E-state index contributed by atoms with van der Waals surface area (Å²) in [5.41, 5.74) is 3.30. The highest BCUT2D eigenvalue weighted by atomic mass is 35.5. The molecule has 0 saturated heterocycles. The fraction of sp³-hybridized carbons (Fsp3) is 0.606. The first-order valence-electron chi connectivity index (χ1n) is 15.7. The molecule has 0 aromatic heterocycles. The molecule has 1 spiro atoms. The van der Waals surface area contributed by atoms with Gasteiger partial charge in [-0.3, -0.25) is 4.79 Å². The zero-order valence-corrected chi connectivity index (χ0v) is 27.3. The fourth-order valence-electron chi connectivity index (χ4n) is 7.13. The number of rotatable bonds is 10. The highest BCUT2D eigenvalue weighted by molar-refractivity contribution is 7.90. The molecule has 236 valence electrons. The van der Waals surface area contributed by atoms with Gasteiger partial charge in [0.05, 0.1) is 23.6 Å². The normalized spacial score (nSPS) is 24.8. The summed E-state index contributed by atoms with van der Waals surface area (Å²) < 4.78 is 33.7. The highest BCUT2D eigenvalue weighted by Crippen LogP contribution is 2.47. The molecule has 0 unspecified atom stereocenters. The molecule has 3 aliphatic rings. The number of sulfonamides is 1. The summed E-state index contributed by atoms with van der Waals surface area (Å²) in [6.07, 6.45) is 6.27. The molecule has 10 heteroatoms. The lowest BCUT2D eigenvalue weighted by atomic mass is 9.68. The first-order chi connectivity index (χ1) is 20.5. The molecule has 1 heterocycles. The van der Waals surface area contributed by atoms with E-state index >= 15 is 0 Å². The van der Waals surface area contributed by atoms with Gasteiger partial charge in [0.1, 0.15) is 5.75 Å². The van der Waals surface area contributed by atoms with Crippen molar-refractivity contribution in [2.75, 3.05) is 31.6 Å². The van der Waals surface area contributed by atoms with Crippen molar-refractivity contribution in [2.24, 2.45) is 11.8 Å². The number of aliphatic hydroxyl groups excluding tert-OH is 1. The van der Waals surface area contributed by atoms with E-state index in [0.717, 1.165) is 55.7 Å². The topological polar surface area (TPSA) is 108 Å². The van der Waals surface area contributed by atoms with Crippen LogP contribution in [-0.4, -0.2) is 63.6 Å². The lowest BCUT2D eigenvalue weighted by Crippen LogP contribution is -2.50. The molecule has 1 amide bonds. The van der Waals surface area contributed by atoms with Gasteiger partial charge in [0, 0.05) is 35.1 Å². The van der Waals surface area contributed by atoms with Gasteiger partial charge in [-0.05, 0) is 119 Å². The molecule has 3 N–H and O–H groups in total. The van der Waals surface area contributed by atoms with E-state index in [1.807, 2.05) is 13.1 Å². The number of nitrogens with one attached hydrogen (secondary N) is 2. The third-order valence-electron chi connectivity index (χ3n) is 10.0. The van der Waals surface area contributed by atoms with Crippen molar-refractivity contribution >= 4 is 33.2 Å². The Bertz CT molecular complexity index is 1430. The van der Waals surface area contributed by atoms with Crippen LogP contribution in [0.1, 0.15) is 80.8 Å². The number of carbonyl (C=O) groups excluding carboxylic acids is 1. The van der Waals surface area contributed by atoms with Crippen LogP contribution >= 0.6 is 11.6 Å². The standard InChI is InChI=1S/C33H46ClN3O5S/c1-5-26(35-4)17-30(38)27-11-8-24(27)18-37-19-33(14-6-7-22-15-25(34)10-12-28(22)33)20-42-31-13-9-23(16-29(31)37)32(39)36-43(40,41)21(2)3/h9-10,12-13,15-16,21,24,26-27,30,35,38H,5-8,11,14,17-20H2,1-4H3,(H,36,39)/t24-,26+,27+,30-,33-/m0/s1. The Labute approximate surface area is 261 Å². The van der Waals surface area contributed by atoms with Gasteiger partial charge in [0.15, 0.2) is 0 Å². The van der Waals surface area contributed by atoms with Crippen LogP contribution in [0.25, 0.3) is 0 Å². The van der Waals surface area contributed by atoms with Crippen LogP contribution in [0, 0.1) is 11.8 Å². The Morgan fingerprint density at radius 3 is 2.67 bits per heavy atom. The zero-order valence-electron chi connectivity index (χ0n) is 25.7. The smallest absolute Gasteiger partial charge is 0.264 e. The molecule has 0 bridgehead atoms. The second kappa shape index (κ2) is 13.0. The number of benzene rings is 2. The van der Waals surface area contributed by atoms with E-state index in [0.29, 0.717) is 31.4 Å². The predicted molar refractivity (Wildman–Crippen MR) is 172 cm³/mol. The fourth-order valence-corrected chi connectivity index (χ4v) is 7.93. The van der Waals surface area contributed by atoms with E-state index in [-0.39, 0.29) is 29.0 Å². The number of ether oxygens (including phenoxy) is 1. The predicted octanol–water partition coefficient (Wildman–Crippen LogP) is 5.06. The monoisotopic (exact) mass is 631 g/mol. The molecule has 8 nitrogen and oxygen atoms in total. The summed E-state index contributed by atoms with van der Waals surface area (Å²) in [6, 6.07) is 11.6. The summed E-state index contributed by atoms with van der Waals surface area (Å²) in [6.45, 7) is 7.12. The van der Waals surface area contributed by atoms with Crippen molar-refractivity contribution in [3.05, 3.63) is 58.1 Å². The lowest BCUT2D eigenvalue weighted by molar-refractivity contribution is 0.00466. The van der Waals surface area contributed by atoms with Gasteiger partial charge in [0.2, 0.25) is 10.0 Å². The van der Waals surface area contributed by atoms with Crippen molar-refractivity contribution in [1.82, 2.24) is 10.0 Å². The largest absolute Gasteiger partial charge is 0.490 e. The molecular formula is C33H46ClN3O5S. The van der Waals surface area contributed by atoms with Crippen molar-refractivity contribution in [2.45, 2.75) is 88.5 Å². The molecule has 5 atom stereocenters. The Balaban J connectivity index is 1.49. The molecule has 2 aliphatic carbocycles. The minimum Gasteiger partial charge on any atom is -0.490 e. The van der Waals surface area contributed by atoms with E-state index in [2.05, 4.69) is 34.0 Å². The Kier molecular flexibility index (Phi) is 9.66. The first-order valence-corrected chi connectivity index (χ1v) is 17.6. The SMILES string of the molecule is CC[C@H](C[C@H](O)[C@@H]1CC[C@H]1CN1C[C@@]2(CCCc3cc(Cl)ccc32)COc2ccc(C(=O)NS(=O)(=O)C(C)C)cc21)NC. The van der Waals surface area contributed by atoms with Crippen molar-refractivity contribution in [3.8, 4) is 5.75 Å². The minimum atomic E-state index is -3.78. The Morgan fingerprint density at radius 2 is 2.00 bits per heavy atom. The van der Waals surface area contributed by atoms with Gasteiger partial charge in [-0.1, -0.05) is 24.6 Å². The maximum Gasteiger partial charge on any atom is 0.264 e. The van der Waals surface area contributed by atoms with E-state index in [1.54, 1.807) is 32.0 Å². The quantitative estimate of drug-likeness (QED) is 0.337. The van der Waals surface area contributed by atoms with Crippen molar-refractivity contribution in [1.29, 1.82) is 0 Å². The number of hydrogen-bond acceptors (Lipinski definition) is 7. The molecule has 2 aromatic carbocycles. The highest BCUT2D eigenvalue weighted by Gasteiger charge is 2.44. The Hall–Kier alpha value is -2.33. The van der Waals surface area contributed by atoms with Crippen LogP contribution < -0.4 is 19.7 Å². The number of hydrogen-bond donors (Lipinski definition) is 3. The zero-order chi connectivity index (χ0) is 30.9. The van der Waals surface area contributed by atoms with Gasteiger partial charge in [-0.25, -0.2) is 13.1 Å². The average molecular weight is 632 g/mol. The van der Waals surface area contributed by atoms with Crippen molar-refractivity contribution < 1.29 is 23.1 Å². The summed E-state index contributed by atoms with van der Waals surface area (Å²) >= 11 is 6.40. The number of fused-ring (bicyclic) bond motifs is 3. The van der Waals surface area contributed by atoms with E-state index in [1.165, 1.54) is 11.1 Å². The van der Waals surface area contributed by atoms with Gasteiger partial charge >= 0.3 is 0 Å². The molecule has 43 heavy (non-hydrogen) atoms. The summed E-state index contributed by atoms with van der Waals surface area (Å²) in [7, 11) is -1.83. The minimum absolute atomic E-state index is 0.200. The van der Waals surface area contributed by atoms with Crippen LogP contribution in [0.15, 0.2) is 36.4 Å². The summed E-state index contributed by atoms with van der Waals surface area (Å²) in [5.74, 6) is 0.520. The lowest BCUT2D eigenvalue weighted by Gasteiger charge is -2.46. The molecular weight excluding hydrogens is 586 g/mol. The van der Waals surface area contributed by atoms with Gasteiger partial charge in [0.25, 0.3) is 5.91 Å². The number of nitrogens with zero attached hydrogens (tertiary/aromatic N) is 1. The Morgan fingerprint density at radius 1 is 1.21 bits per heavy atom. The van der Waals surface area contributed by atoms with E-state index in [9.17, 15) is 18.3 Å². The number of aliphatic hydroxyl groups is 1. The first kappa shape index (κ1) is 32.1. The van der Waals surface area contributed by atoms with E-state index < -0.39 is 21.2 Å². The van der Waals surface area contributed by atoms with Crippen LogP contribution in [0.2, 0.25) is 5.02 Å². The summed E-state index contributed by atoms with van der Waals surface area (Å²) in [5, 5.41) is 14.5. The molecule has 5 rings (SSSR count). The maximum atomic E-state index is 13.1. The average Bonchev–Trinajstić information content (AvgIpc) is 3.10.